The Morgan fingerprint density at radius 2 is 1.49 bits per heavy atom. The van der Waals surface area contributed by atoms with Gasteiger partial charge in [0.05, 0.1) is 33.4 Å². The molecule has 182 valence electrons. The number of hydrogen-bond donors (Lipinski definition) is 0. The van der Waals surface area contributed by atoms with Crippen LogP contribution in [0.25, 0.3) is 17.2 Å². The second-order valence-electron chi connectivity index (χ2n) is 6.88. The fraction of sp³-hybridized carbons (Fsp3) is 0.160. The Morgan fingerprint density at radius 1 is 0.829 bits per heavy atom. The number of nitrogens with zero attached hydrogens (tertiary/aromatic N) is 1. The fourth-order valence-corrected chi connectivity index (χ4v) is 3.39. The van der Waals surface area contributed by atoms with Crippen molar-refractivity contribution in [2.75, 3.05) is 28.4 Å². The average Bonchev–Trinajstić information content (AvgIpc) is 2.87. The van der Waals surface area contributed by atoms with E-state index >= 15 is 0 Å². The molecule has 10 heteroatoms. The highest BCUT2D eigenvalue weighted by molar-refractivity contribution is 5.86. The topological polar surface area (TPSA) is 116 Å². The Labute approximate surface area is 201 Å². The van der Waals surface area contributed by atoms with Crippen LogP contribution in [0.5, 0.6) is 34.5 Å². The Kier molecular flexibility index (Phi) is 7.77. The average molecular weight is 481 g/mol. The molecule has 0 aliphatic heterocycles. The minimum absolute atomic E-state index is 0.0729. The third-order valence-corrected chi connectivity index (χ3v) is 4.97. The Morgan fingerprint density at radius 3 is 2.03 bits per heavy atom. The van der Waals surface area contributed by atoms with Crippen LogP contribution in [-0.4, -0.2) is 39.5 Å². The number of rotatable bonds is 9. The van der Waals surface area contributed by atoms with Crippen LogP contribution < -0.4 is 28.4 Å². The molecule has 3 aromatic carbocycles. The van der Waals surface area contributed by atoms with E-state index in [2.05, 4.69) is 6.58 Å². The molecule has 0 unspecified atom stereocenters. The van der Waals surface area contributed by atoms with Gasteiger partial charge in [0.25, 0.3) is 5.69 Å². The predicted octanol–water partition coefficient (Wildman–Crippen LogP) is 5.52. The van der Waals surface area contributed by atoms with Gasteiger partial charge >= 0.3 is 6.16 Å². The van der Waals surface area contributed by atoms with Crippen molar-refractivity contribution in [1.82, 2.24) is 0 Å². The number of methoxy groups -OCH3 is 4. The highest BCUT2D eigenvalue weighted by Gasteiger charge is 2.23. The quantitative estimate of drug-likeness (QED) is 0.169. The number of carbonyl (C=O) groups excluding carboxylic acids is 1. The van der Waals surface area contributed by atoms with Crippen LogP contribution in [0.15, 0.2) is 55.1 Å². The van der Waals surface area contributed by atoms with E-state index in [1.165, 1.54) is 52.7 Å². The Hall–Kier alpha value is -4.73. The van der Waals surface area contributed by atoms with Crippen molar-refractivity contribution in [3.8, 4) is 45.6 Å². The smallest absolute Gasteiger partial charge is 0.493 e. The summed E-state index contributed by atoms with van der Waals surface area (Å²) in [5, 5.41) is 10.8. The van der Waals surface area contributed by atoms with E-state index in [1.54, 1.807) is 30.3 Å². The number of carbonyl (C=O) groups is 1. The standard InChI is InChI=1S/C25H23NO9/c1-6-15-13-21(31-3)23(32-4)24(33-5)22(15)16-7-12-19(30-2)20(14-16)35-25(27)34-18-10-8-17(9-11-18)26(28)29/h6-14H,1H2,2-5H3. The zero-order valence-electron chi connectivity index (χ0n) is 19.5. The molecule has 3 aromatic rings. The largest absolute Gasteiger partial charge is 0.519 e. The summed E-state index contributed by atoms with van der Waals surface area (Å²) in [4.78, 5) is 22.7. The molecule has 0 radical (unpaired) electrons. The molecule has 0 atom stereocenters. The molecular formula is C25H23NO9. The van der Waals surface area contributed by atoms with Crippen LogP contribution >= 0.6 is 0 Å². The van der Waals surface area contributed by atoms with Gasteiger partial charge in [0, 0.05) is 17.7 Å². The summed E-state index contributed by atoms with van der Waals surface area (Å²) in [5.41, 5.74) is 1.78. The van der Waals surface area contributed by atoms with Crippen molar-refractivity contribution in [2.24, 2.45) is 0 Å². The lowest BCUT2D eigenvalue weighted by Crippen LogP contribution is -2.14. The summed E-state index contributed by atoms with van der Waals surface area (Å²) in [5.74, 6) is 1.65. The van der Waals surface area contributed by atoms with Gasteiger partial charge in [-0.25, -0.2) is 4.79 Å². The minimum Gasteiger partial charge on any atom is -0.493 e. The third kappa shape index (κ3) is 5.27. The predicted molar refractivity (Wildman–Crippen MR) is 128 cm³/mol. The fourth-order valence-electron chi connectivity index (χ4n) is 3.39. The van der Waals surface area contributed by atoms with Gasteiger partial charge in [0.15, 0.2) is 23.0 Å². The van der Waals surface area contributed by atoms with E-state index in [0.717, 1.165) is 0 Å². The first kappa shape index (κ1) is 24.9. The Bertz CT molecular complexity index is 1250. The first-order valence-electron chi connectivity index (χ1n) is 10.1. The molecule has 0 bridgehead atoms. The molecule has 0 N–H and O–H groups in total. The van der Waals surface area contributed by atoms with Crippen LogP contribution in [-0.2, 0) is 0 Å². The highest BCUT2D eigenvalue weighted by Crippen LogP contribution is 2.48. The third-order valence-electron chi connectivity index (χ3n) is 4.97. The second kappa shape index (κ2) is 10.9. The van der Waals surface area contributed by atoms with E-state index in [1.807, 2.05) is 0 Å². The highest BCUT2D eigenvalue weighted by atomic mass is 16.7. The van der Waals surface area contributed by atoms with Crippen molar-refractivity contribution >= 4 is 17.9 Å². The maximum atomic E-state index is 12.4. The molecule has 0 saturated heterocycles. The van der Waals surface area contributed by atoms with Gasteiger partial charge < -0.3 is 28.4 Å². The van der Waals surface area contributed by atoms with Crippen LogP contribution in [0.1, 0.15) is 5.56 Å². The number of benzene rings is 3. The SMILES string of the molecule is C=Cc1cc(OC)c(OC)c(OC)c1-c1ccc(OC)c(OC(=O)Oc2ccc([N+](=O)[O-])cc2)c1. The van der Waals surface area contributed by atoms with Gasteiger partial charge in [0.2, 0.25) is 5.75 Å². The van der Waals surface area contributed by atoms with Crippen molar-refractivity contribution in [1.29, 1.82) is 0 Å². The summed E-state index contributed by atoms with van der Waals surface area (Å²) >= 11 is 0. The van der Waals surface area contributed by atoms with Gasteiger partial charge in [-0.15, -0.1) is 0 Å². The van der Waals surface area contributed by atoms with E-state index in [9.17, 15) is 14.9 Å². The summed E-state index contributed by atoms with van der Waals surface area (Å²) in [7, 11) is 5.93. The van der Waals surface area contributed by atoms with Gasteiger partial charge in [-0.3, -0.25) is 10.1 Å². The van der Waals surface area contributed by atoms with Crippen LogP contribution in [0.4, 0.5) is 10.5 Å². The summed E-state index contributed by atoms with van der Waals surface area (Å²) in [6, 6.07) is 11.7. The van der Waals surface area contributed by atoms with E-state index in [0.29, 0.717) is 33.9 Å². The first-order chi connectivity index (χ1) is 16.9. The van der Waals surface area contributed by atoms with Crippen LogP contribution in [0, 0.1) is 10.1 Å². The lowest BCUT2D eigenvalue weighted by molar-refractivity contribution is -0.384. The molecule has 0 aliphatic rings. The first-order valence-corrected chi connectivity index (χ1v) is 10.1. The summed E-state index contributed by atoms with van der Waals surface area (Å²) < 4.78 is 32.4. The zero-order chi connectivity index (χ0) is 25.5. The van der Waals surface area contributed by atoms with E-state index < -0.39 is 11.1 Å². The molecule has 0 aliphatic carbocycles. The zero-order valence-corrected chi connectivity index (χ0v) is 19.5. The molecular weight excluding hydrogens is 458 g/mol. The maximum absolute atomic E-state index is 12.4. The number of non-ortho nitro benzene ring substituents is 1. The summed E-state index contributed by atoms with van der Waals surface area (Å²) in [6.45, 7) is 3.87. The van der Waals surface area contributed by atoms with Crippen LogP contribution in [0.2, 0.25) is 0 Å². The number of ether oxygens (including phenoxy) is 6. The molecule has 0 amide bonds. The van der Waals surface area contributed by atoms with Crippen molar-refractivity contribution in [3.63, 3.8) is 0 Å². The lowest BCUT2D eigenvalue weighted by Gasteiger charge is -2.19. The number of hydrogen-bond acceptors (Lipinski definition) is 9. The van der Waals surface area contributed by atoms with E-state index in [-0.39, 0.29) is 22.9 Å². The molecule has 35 heavy (non-hydrogen) atoms. The molecule has 3 rings (SSSR count). The van der Waals surface area contributed by atoms with Crippen LogP contribution in [0.3, 0.4) is 0 Å². The summed E-state index contributed by atoms with van der Waals surface area (Å²) in [6.07, 6.45) is 0.575. The van der Waals surface area contributed by atoms with Crippen molar-refractivity contribution < 1.29 is 38.1 Å². The van der Waals surface area contributed by atoms with Gasteiger partial charge in [0.1, 0.15) is 5.75 Å². The van der Waals surface area contributed by atoms with Gasteiger partial charge in [-0.1, -0.05) is 18.7 Å². The molecule has 0 saturated carbocycles. The minimum atomic E-state index is -1.06. The monoisotopic (exact) mass is 481 g/mol. The van der Waals surface area contributed by atoms with Crippen molar-refractivity contribution in [3.05, 3.63) is 70.8 Å². The molecule has 0 spiro atoms. The normalized spacial score (nSPS) is 10.2. The Balaban J connectivity index is 1.99. The number of nitro groups is 1. The maximum Gasteiger partial charge on any atom is 0.519 e. The van der Waals surface area contributed by atoms with Crippen molar-refractivity contribution in [2.45, 2.75) is 0 Å². The molecule has 0 aromatic heterocycles. The second-order valence-corrected chi connectivity index (χ2v) is 6.88. The number of nitro benzene ring substituents is 1. The van der Waals surface area contributed by atoms with Gasteiger partial charge in [-0.05, 0) is 41.5 Å². The molecule has 10 nitrogen and oxygen atoms in total. The van der Waals surface area contributed by atoms with Gasteiger partial charge in [-0.2, -0.15) is 0 Å². The lowest BCUT2D eigenvalue weighted by atomic mass is 9.96. The molecule has 0 fully saturated rings. The van der Waals surface area contributed by atoms with E-state index in [4.69, 9.17) is 28.4 Å². The molecule has 0 heterocycles.